The maximum absolute atomic E-state index is 5.25. The zero-order valence-electron chi connectivity index (χ0n) is 7.15. The molecule has 0 amide bonds. The van der Waals surface area contributed by atoms with Crippen molar-refractivity contribution < 1.29 is 0 Å². The molecular weight excluding hydrogens is 204 g/mol. The molecule has 0 saturated heterocycles. The van der Waals surface area contributed by atoms with Gasteiger partial charge >= 0.3 is 0 Å². The number of nitrogens with zero attached hydrogens (tertiary/aromatic N) is 2. The van der Waals surface area contributed by atoms with Gasteiger partial charge in [-0.2, -0.15) is 5.10 Å². The standard InChI is InChI=1S/C7H10N4S2/c1-2-5(10-11-7(8)12)6-9-3-4-13-6/h3-4H,2H2,1H3,(H3,8,11,12). The van der Waals surface area contributed by atoms with Gasteiger partial charge in [-0.1, -0.05) is 6.92 Å². The Balaban J connectivity index is 2.73. The second-order valence-corrected chi connectivity index (χ2v) is 3.56. The molecule has 1 rings (SSSR count). The molecule has 3 N–H and O–H groups in total. The molecule has 13 heavy (non-hydrogen) atoms. The van der Waals surface area contributed by atoms with Crippen molar-refractivity contribution in [2.75, 3.05) is 0 Å². The van der Waals surface area contributed by atoms with Crippen LogP contribution >= 0.6 is 23.6 Å². The molecule has 6 heteroatoms. The highest BCUT2D eigenvalue weighted by Gasteiger charge is 2.03. The van der Waals surface area contributed by atoms with Gasteiger partial charge in [0, 0.05) is 11.6 Å². The first-order chi connectivity index (χ1) is 6.24. The molecule has 4 nitrogen and oxygen atoms in total. The summed E-state index contributed by atoms with van der Waals surface area (Å²) in [6.07, 6.45) is 2.54. The second-order valence-electron chi connectivity index (χ2n) is 2.23. The average Bonchev–Trinajstić information content (AvgIpc) is 2.58. The van der Waals surface area contributed by atoms with Crippen LogP contribution in [0.1, 0.15) is 18.4 Å². The third-order valence-electron chi connectivity index (χ3n) is 1.32. The first-order valence-electron chi connectivity index (χ1n) is 3.76. The fourth-order valence-electron chi connectivity index (χ4n) is 0.767. The van der Waals surface area contributed by atoms with Crippen LogP contribution in [-0.2, 0) is 0 Å². The number of thiazole rings is 1. The lowest BCUT2D eigenvalue weighted by atomic mass is 10.3. The third kappa shape index (κ3) is 3.08. The number of hydrogen-bond donors (Lipinski definition) is 2. The summed E-state index contributed by atoms with van der Waals surface area (Å²) in [5.41, 5.74) is 8.66. The van der Waals surface area contributed by atoms with Gasteiger partial charge in [-0.3, -0.25) is 5.43 Å². The summed E-state index contributed by atoms with van der Waals surface area (Å²) >= 11 is 6.18. The number of hydrazone groups is 1. The number of rotatable bonds is 3. The number of nitrogens with one attached hydrogen (secondary N) is 1. The van der Waals surface area contributed by atoms with Crippen LogP contribution in [0.2, 0.25) is 0 Å². The molecule has 1 aromatic heterocycles. The fraction of sp³-hybridized carbons (Fsp3) is 0.286. The Morgan fingerprint density at radius 2 is 2.62 bits per heavy atom. The van der Waals surface area contributed by atoms with E-state index in [0.717, 1.165) is 17.1 Å². The first-order valence-corrected chi connectivity index (χ1v) is 5.04. The average molecular weight is 214 g/mol. The molecular formula is C7H10N4S2. The number of thiocarbonyl (C=S) groups is 1. The molecule has 0 bridgehead atoms. The van der Waals surface area contributed by atoms with Crippen molar-refractivity contribution in [3.8, 4) is 0 Å². The van der Waals surface area contributed by atoms with Gasteiger partial charge in [-0.05, 0) is 18.6 Å². The zero-order chi connectivity index (χ0) is 9.68. The summed E-state index contributed by atoms with van der Waals surface area (Å²) in [7, 11) is 0. The lowest BCUT2D eigenvalue weighted by molar-refractivity contribution is 1.01. The number of aromatic nitrogens is 1. The summed E-state index contributed by atoms with van der Waals surface area (Å²) in [5, 5.41) is 7.00. The molecule has 0 aliphatic carbocycles. The van der Waals surface area contributed by atoms with E-state index in [1.165, 1.54) is 0 Å². The maximum atomic E-state index is 5.25. The topological polar surface area (TPSA) is 63.3 Å². The molecule has 70 valence electrons. The molecule has 0 atom stereocenters. The molecule has 0 saturated carbocycles. The van der Waals surface area contributed by atoms with E-state index in [2.05, 4.69) is 27.7 Å². The molecule has 0 aliphatic heterocycles. The molecule has 0 aromatic carbocycles. The van der Waals surface area contributed by atoms with Crippen LogP contribution in [0.4, 0.5) is 0 Å². The molecule has 0 aliphatic rings. The van der Waals surface area contributed by atoms with Gasteiger partial charge in [-0.15, -0.1) is 11.3 Å². The van der Waals surface area contributed by atoms with Crippen molar-refractivity contribution in [2.45, 2.75) is 13.3 Å². The van der Waals surface area contributed by atoms with Crippen LogP contribution in [0.15, 0.2) is 16.7 Å². The normalized spacial score (nSPS) is 11.3. The minimum Gasteiger partial charge on any atom is -0.375 e. The van der Waals surface area contributed by atoms with Gasteiger partial charge in [0.15, 0.2) is 5.11 Å². The fourth-order valence-corrected chi connectivity index (χ4v) is 1.51. The smallest absolute Gasteiger partial charge is 0.184 e. The Morgan fingerprint density at radius 1 is 1.85 bits per heavy atom. The van der Waals surface area contributed by atoms with Crippen molar-refractivity contribution >= 4 is 34.4 Å². The first kappa shape index (κ1) is 10.1. The largest absolute Gasteiger partial charge is 0.375 e. The van der Waals surface area contributed by atoms with E-state index in [0.29, 0.717) is 0 Å². The van der Waals surface area contributed by atoms with Crippen LogP contribution in [0, 0.1) is 0 Å². The molecule has 0 fully saturated rings. The van der Waals surface area contributed by atoms with Gasteiger partial charge < -0.3 is 5.73 Å². The highest BCUT2D eigenvalue weighted by molar-refractivity contribution is 7.80. The molecule has 1 aromatic rings. The van der Waals surface area contributed by atoms with Crippen molar-refractivity contribution in [3.05, 3.63) is 16.6 Å². The van der Waals surface area contributed by atoms with Gasteiger partial charge in [0.05, 0.1) is 5.71 Å². The predicted octanol–water partition coefficient (Wildman–Crippen LogP) is 1.09. The van der Waals surface area contributed by atoms with Crippen LogP contribution in [0.3, 0.4) is 0 Å². The Labute approximate surface area is 85.9 Å². The monoisotopic (exact) mass is 214 g/mol. The quantitative estimate of drug-likeness (QED) is 0.449. The SMILES string of the molecule is CCC(=NNC(N)=S)c1nccs1. The summed E-state index contributed by atoms with van der Waals surface area (Å²) < 4.78 is 0. The van der Waals surface area contributed by atoms with Crippen molar-refractivity contribution in [1.29, 1.82) is 0 Å². The molecule has 0 unspecified atom stereocenters. The van der Waals surface area contributed by atoms with E-state index in [-0.39, 0.29) is 5.11 Å². The van der Waals surface area contributed by atoms with E-state index in [1.807, 2.05) is 12.3 Å². The summed E-state index contributed by atoms with van der Waals surface area (Å²) in [5.74, 6) is 0. The molecule has 0 radical (unpaired) electrons. The van der Waals surface area contributed by atoms with Crippen LogP contribution in [-0.4, -0.2) is 15.8 Å². The van der Waals surface area contributed by atoms with E-state index < -0.39 is 0 Å². The van der Waals surface area contributed by atoms with E-state index in [9.17, 15) is 0 Å². The van der Waals surface area contributed by atoms with Crippen molar-refractivity contribution in [3.63, 3.8) is 0 Å². The molecule has 0 spiro atoms. The molecule has 1 heterocycles. The zero-order valence-corrected chi connectivity index (χ0v) is 8.78. The lowest BCUT2D eigenvalue weighted by Gasteiger charge is -1.99. The van der Waals surface area contributed by atoms with E-state index >= 15 is 0 Å². The highest BCUT2D eigenvalue weighted by atomic mass is 32.1. The number of nitrogens with two attached hydrogens (primary N) is 1. The lowest BCUT2D eigenvalue weighted by Crippen LogP contribution is -2.25. The summed E-state index contributed by atoms with van der Waals surface area (Å²) in [4.78, 5) is 4.13. The minimum atomic E-state index is 0.169. The Hall–Kier alpha value is -1.01. The summed E-state index contributed by atoms with van der Waals surface area (Å²) in [6.45, 7) is 2.00. The van der Waals surface area contributed by atoms with Crippen LogP contribution in [0.25, 0.3) is 0 Å². The second kappa shape index (κ2) is 4.88. The van der Waals surface area contributed by atoms with Crippen molar-refractivity contribution in [2.24, 2.45) is 10.8 Å². The number of hydrogen-bond acceptors (Lipinski definition) is 4. The van der Waals surface area contributed by atoms with Gasteiger partial charge in [0.25, 0.3) is 0 Å². The Kier molecular flexibility index (Phi) is 3.78. The highest BCUT2D eigenvalue weighted by Crippen LogP contribution is 2.07. The minimum absolute atomic E-state index is 0.169. The van der Waals surface area contributed by atoms with Gasteiger partial charge in [0.2, 0.25) is 0 Å². The summed E-state index contributed by atoms with van der Waals surface area (Å²) in [6, 6.07) is 0. The van der Waals surface area contributed by atoms with E-state index in [1.54, 1.807) is 17.5 Å². The van der Waals surface area contributed by atoms with E-state index in [4.69, 9.17) is 5.73 Å². The third-order valence-corrected chi connectivity index (χ3v) is 2.23. The van der Waals surface area contributed by atoms with Crippen molar-refractivity contribution in [1.82, 2.24) is 10.4 Å². The van der Waals surface area contributed by atoms with Crippen LogP contribution < -0.4 is 11.2 Å². The van der Waals surface area contributed by atoms with Gasteiger partial charge in [-0.25, -0.2) is 4.98 Å². The van der Waals surface area contributed by atoms with Gasteiger partial charge in [0.1, 0.15) is 5.01 Å². The Morgan fingerprint density at radius 3 is 3.08 bits per heavy atom. The maximum Gasteiger partial charge on any atom is 0.184 e. The van der Waals surface area contributed by atoms with Crippen LogP contribution in [0.5, 0.6) is 0 Å². The Bertz CT molecular complexity index is 304. The predicted molar refractivity (Wildman–Crippen MR) is 58.9 cm³/mol.